The van der Waals surface area contributed by atoms with Crippen LogP contribution in [0.25, 0.3) is 0 Å². The SMILES string of the molecule is CN1CCN(Cc2cccc(NC(=O)NCc3ccc4c(c3)CN(C3CCC(=O)NC3=O)C4=O)c2)CC1. The fraction of sp³-hybridized carbons (Fsp3) is 0.407. The second kappa shape index (κ2) is 10.7. The molecule has 0 aliphatic carbocycles. The molecular formula is C27H32N6O4. The van der Waals surface area contributed by atoms with Crippen LogP contribution in [0.4, 0.5) is 10.5 Å². The number of carbonyl (C=O) groups excluding carboxylic acids is 4. The lowest BCUT2D eigenvalue weighted by Crippen LogP contribution is -2.52. The number of anilines is 1. The van der Waals surface area contributed by atoms with Gasteiger partial charge in [0.15, 0.2) is 0 Å². The zero-order valence-electron chi connectivity index (χ0n) is 21.0. The lowest BCUT2D eigenvalue weighted by molar-refractivity contribution is -0.136. The van der Waals surface area contributed by atoms with Crippen molar-refractivity contribution in [2.75, 3.05) is 38.5 Å². The van der Waals surface area contributed by atoms with E-state index in [4.69, 9.17) is 0 Å². The van der Waals surface area contributed by atoms with Crippen molar-refractivity contribution >= 4 is 29.4 Å². The summed E-state index contributed by atoms with van der Waals surface area (Å²) in [6.07, 6.45) is 0.551. The third-order valence-electron chi connectivity index (χ3n) is 7.23. The van der Waals surface area contributed by atoms with E-state index >= 15 is 0 Å². The smallest absolute Gasteiger partial charge is 0.319 e. The summed E-state index contributed by atoms with van der Waals surface area (Å²) in [7, 11) is 2.14. The number of rotatable bonds is 6. The fourth-order valence-corrected chi connectivity index (χ4v) is 5.11. The molecule has 3 aliphatic rings. The number of likely N-dealkylation sites (N-methyl/N-ethyl adjacent to an activating group) is 1. The zero-order valence-corrected chi connectivity index (χ0v) is 21.0. The van der Waals surface area contributed by atoms with Crippen LogP contribution < -0.4 is 16.0 Å². The van der Waals surface area contributed by atoms with Gasteiger partial charge in [0.2, 0.25) is 11.8 Å². The molecule has 3 aliphatic heterocycles. The molecule has 194 valence electrons. The average Bonchev–Trinajstić information content (AvgIpc) is 3.20. The zero-order chi connectivity index (χ0) is 25.9. The molecule has 1 unspecified atom stereocenters. The van der Waals surface area contributed by atoms with Gasteiger partial charge in [-0.1, -0.05) is 24.3 Å². The maximum atomic E-state index is 12.8. The van der Waals surface area contributed by atoms with Crippen molar-refractivity contribution in [3.05, 3.63) is 64.7 Å². The van der Waals surface area contributed by atoms with E-state index in [-0.39, 0.29) is 24.3 Å². The van der Waals surface area contributed by atoms with Crippen LogP contribution in [-0.2, 0) is 29.2 Å². The van der Waals surface area contributed by atoms with Crippen molar-refractivity contribution in [1.82, 2.24) is 25.3 Å². The van der Waals surface area contributed by atoms with Crippen molar-refractivity contribution in [2.24, 2.45) is 0 Å². The van der Waals surface area contributed by atoms with Gasteiger partial charge < -0.3 is 20.4 Å². The minimum atomic E-state index is -0.642. The van der Waals surface area contributed by atoms with E-state index in [0.717, 1.165) is 55.1 Å². The summed E-state index contributed by atoms with van der Waals surface area (Å²) in [6, 6.07) is 12.4. The van der Waals surface area contributed by atoms with Crippen molar-refractivity contribution in [1.29, 1.82) is 0 Å². The number of hydrogen-bond acceptors (Lipinski definition) is 6. The van der Waals surface area contributed by atoms with E-state index < -0.39 is 11.9 Å². The Morgan fingerprint density at radius 3 is 2.62 bits per heavy atom. The van der Waals surface area contributed by atoms with Gasteiger partial charge in [-0.25, -0.2) is 4.79 Å². The number of urea groups is 1. The maximum Gasteiger partial charge on any atom is 0.319 e. The van der Waals surface area contributed by atoms with E-state index in [0.29, 0.717) is 25.1 Å². The van der Waals surface area contributed by atoms with Crippen LogP contribution in [0.1, 0.15) is 39.9 Å². The molecule has 3 heterocycles. The predicted octanol–water partition coefficient (Wildman–Crippen LogP) is 1.52. The Kier molecular flexibility index (Phi) is 7.20. The quantitative estimate of drug-likeness (QED) is 0.514. The van der Waals surface area contributed by atoms with Gasteiger partial charge in [-0.05, 0) is 48.4 Å². The second-order valence-corrected chi connectivity index (χ2v) is 9.98. The van der Waals surface area contributed by atoms with Crippen molar-refractivity contribution in [3.8, 4) is 0 Å². The number of piperazine rings is 1. The summed E-state index contributed by atoms with van der Waals surface area (Å²) in [4.78, 5) is 55.3. The van der Waals surface area contributed by atoms with Crippen molar-refractivity contribution < 1.29 is 19.2 Å². The van der Waals surface area contributed by atoms with Crippen LogP contribution >= 0.6 is 0 Å². The first kappa shape index (κ1) is 24.9. The molecule has 2 saturated heterocycles. The maximum absolute atomic E-state index is 12.8. The van der Waals surface area contributed by atoms with Crippen LogP contribution in [-0.4, -0.2) is 77.7 Å². The van der Waals surface area contributed by atoms with Crippen LogP contribution in [0.5, 0.6) is 0 Å². The number of nitrogens with zero attached hydrogens (tertiary/aromatic N) is 3. The summed E-state index contributed by atoms with van der Waals surface area (Å²) in [6.45, 7) is 5.65. The summed E-state index contributed by atoms with van der Waals surface area (Å²) < 4.78 is 0. The Morgan fingerprint density at radius 2 is 1.84 bits per heavy atom. The van der Waals surface area contributed by atoms with Gasteiger partial charge in [0.25, 0.3) is 5.91 Å². The number of benzene rings is 2. The highest BCUT2D eigenvalue weighted by Crippen LogP contribution is 2.28. The standard InChI is InChI=1S/C27H32N6O4/c1-31-9-11-32(12-10-31)16-19-3-2-4-21(14-19)29-27(37)28-15-18-5-6-22-20(13-18)17-33(26(22)36)23-7-8-24(34)30-25(23)35/h2-6,13-14,23H,7-12,15-17H2,1H3,(H2,28,29,37)(H,30,34,35). The average molecular weight is 505 g/mol. The highest BCUT2D eigenvalue weighted by Gasteiger charge is 2.39. The number of piperidine rings is 1. The van der Waals surface area contributed by atoms with E-state index in [1.807, 2.05) is 30.3 Å². The molecule has 1 atom stereocenters. The Balaban J connectivity index is 1.14. The molecule has 2 fully saturated rings. The number of carbonyl (C=O) groups is 4. The monoisotopic (exact) mass is 504 g/mol. The van der Waals surface area contributed by atoms with Crippen LogP contribution in [0.3, 0.4) is 0 Å². The van der Waals surface area contributed by atoms with Crippen LogP contribution in [0.15, 0.2) is 42.5 Å². The topological polar surface area (TPSA) is 114 Å². The molecule has 2 aromatic rings. The number of amides is 5. The Hall–Kier alpha value is -3.76. The van der Waals surface area contributed by atoms with E-state index in [1.54, 1.807) is 6.07 Å². The highest BCUT2D eigenvalue weighted by atomic mass is 16.2. The molecule has 0 spiro atoms. The molecule has 0 aromatic heterocycles. The normalized spacial score (nSPS) is 20.5. The molecule has 0 bridgehead atoms. The molecule has 2 aromatic carbocycles. The van der Waals surface area contributed by atoms with Crippen LogP contribution in [0.2, 0.25) is 0 Å². The summed E-state index contributed by atoms with van der Waals surface area (Å²) in [5.74, 6) is -0.944. The van der Waals surface area contributed by atoms with E-state index in [1.165, 1.54) is 4.90 Å². The molecule has 10 nitrogen and oxygen atoms in total. The first-order valence-electron chi connectivity index (χ1n) is 12.7. The summed E-state index contributed by atoms with van der Waals surface area (Å²) >= 11 is 0. The lowest BCUT2D eigenvalue weighted by Gasteiger charge is -2.32. The Morgan fingerprint density at radius 1 is 1.03 bits per heavy atom. The third-order valence-corrected chi connectivity index (χ3v) is 7.23. The third kappa shape index (κ3) is 5.81. The number of nitrogens with one attached hydrogen (secondary N) is 3. The molecule has 10 heteroatoms. The molecule has 3 N–H and O–H groups in total. The number of fused-ring (bicyclic) bond motifs is 1. The van der Waals surface area contributed by atoms with Gasteiger partial charge in [-0.2, -0.15) is 0 Å². The van der Waals surface area contributed by atoms with Crippen molar-refractivity contribution in [3.63, 3.8) is 0 Å². The van der Waals surface area contributed by atoms with Crippen LogP contribution in [0, 0.1) is 0 Å². The van der Waals surface area contributed by atoms with E-state index in [2.05, 4.69) is 38.9 Å². The van der Waals surface area contributed by atoms with Gasteiger partial charge in [0.05, 0.1) is 0 Å². The molecule has 5 rings (SSSR count). The Labute approximate surface area is 216 Å². The first-order chi connectivity index (χ1) is 17.9. The minimum Gasteiger partial charge on any atom is -0.334 e. The van der Waals surface area contributed by atoms with Gasteiger partial charge in [-0.15, -0.1) is 0 Å². The minimum absolute atomic E-state index is 0.210. The molecule has 0 radical (unpaired) electrons. The van der Waals surface area contributed by atoms with Gasteiger partial charge in [0, 0.05) is 63.5 Å². The van der Waals surface area contributed by atoms with Gasteiger partial charge in [0.1, 0.15) is 6.04 Å². The summed E-state index contributed by atoms with van der Waals surface area (Å²) in [5.41, 5.74) is 4.12. The first-order valence-corrected chi connectivity index (χ1v) is 12.7. The molecule has 37 heavy (non-hydrogen) atoms. The number of imide groups is 1. The largest absolute Gasteiger partial charge is 0.334 e. The second-order valence-electron chi connectivity index (χ2n) is 9.98. The molecular weight excluding hydrogens is 472 g/mol. The Bertz CT molecular complexity index is 1220. The molecule has 5 amide bonds. The van der Waals surface area contributed by atoms with E-state index in [9.17, 15) is 19.2 Å². The summed E-state index contributed by atoms with van der Waals surface area (Å²) in [5, 5.41) is 8.09. The fourth-order valence-electron chi connectivity index (χ4n) is 5.11. The van der Waals surface area contributed by atoms with Crippen molar-refractivity contribution in [2.45, 2.75) is 38.5 Å². The van der Waals surface area contributed by atoms with Gasteiger partial charge in [-0.3, -0.25) is 24.6 Å². The lowest BCUT2D eigenvalue weighted by atomic mass is 10.0. The molecule has 0 saturated carbocycles. The highest BCUT2D eigenvalue weighted by molar-refractivity contribution is 6.05. The number of hydrogen-bond donors (Lipinski definition) is 3. The van der Waals surface area contributed by atoms with Gasteiger partial charge >= 0.3 is 6.03 Å². The predicted molar refractivity (Wildman–Crippen MR) is 138 cm³/mol.